The molecule has 0 aromatic heterocycles. The van der Waals surface area contributed by atoms with Gasteiger partial charge in [0.05, 0.1) is 11.9 Å². The van der Waals surface area contributed by atoms with Crippen LogP contribution in [0.2, 0.25) is 0 Å². The van der Waals surface area contributed by atoms with Crippen molar-refractivity contribution >= 4 is 21.8 Å². The van der Waals surface area contributed by atoms with E-state index in [2.05, 4.69) is 10.6 Å². The lowest BCUT2D eigenvalue weighted by Crippen LogP contribution is -2.54. The van der Waals surface area contributed by atoms with Crippen molar-refractivity contribution in [2.75, 3.05) is 33.4 Å². The van der Waals surface area contributed by atoms with E-state index in [0.29, 0.717) is 39.1 Å². The predicted molar refractivity (Wildman–Crippen MR) is 111 cm³/mol. The summed E-state index contributed by atoms with van der Waals surface area (Å²) in [5.41, 5.74) is 0.242. The molecule has 2 rings (SSSR count). The number of ether oxygens (including phenoxy) is 1. The molecule has 1 heterocycles. The fourth-order valence-electron chi connectivity index (χ4n) is 3.37. The van der Waals surface area contributed by atoms with Crippen LogP contribution in [0.1, 0.15) is 37.0 Å². The normalized spacial score (nSPS) is 17.0. The highest BCUT2D eigenvalue weighted by atomic mass is 32.2. The average Bonchev–Trinajstić information content (AvgIpc) is 2.72. The largest absolute Gasteiger partial charge is 0.383 e. The summed E-state index contributed by atoms with van der Waals surface area (Å²) in [6.07, 6.45) is 0.885. The molecule has 1 aliphatic heterocycles. The fourth-order valence-corrected chi connectivity index (χ4v) is 4.69. The van der Waals surface area contributed by atoms with Gasteiger partial charge in [0.25, 0.3) is 5.91 Å². The number of rotatable bonds is 9. The molecule has 1 aromatic rings. The summed E-state index contributed by atoms with van der Waals surface area (Å²) >= 11 is 0. The molecule has 8 nitrogen and oxygen atoms in total. The molecule has 0 aliphatic carbocycles. The molecule has 0 bridgehead atoms. The number of nitrogens with one attached hydrogen (secondary N) is 2. The van der Waals surface area contributed by atoms with Gasteiger partial charge in [0.2, 0.25) is 15.9 Å². The summed E-state index contributed by atoms with van der Waals surface area (Å²) in [6, 6.07) is 4.23. The second-order valence-corrected chi connectivity index (χ2v) is 10.1. The molecule has 0 spiro atoms. The summed E-state index contributed by atoms with van der Waals surface area (Å²) < 4.78 is 44.3. The maximum atomic E-state index is 13.1. The number of carbonyl (C=O) groups is 2. The van der Waals surface area contributed by atoms with Gasteiger partial charge >= 0.3 is 0 Å². The van der Waals surface area contributed by atoms with E-state index in [1.54, 1.807) is 13.8 Å². The van der Waals surface area contributed by atoms with Gasteiger partial charge in [0, 0.05) is 32.3 Å². The van der Waals surface area contributed by atoms with Crippen LogP contribution in [0.25, 0.3) is 0 Å². The Hall–Kier alpha value is -2.04. The molecule has 168 valence electrons. The highest BCUT2D eigenvalue weighted by Gasteiger charge is 2.36. The maximum absolute atomic E-state index is 13.1. The number of sulfonamides is 1. The molecule has 1 fully saturated rings. The van der Waals surface area contributed by atoms with Gasteiger partial charge < -0.3 is 15.4 Å². The highest BCUT2D eigenvalue weighted by Crippen LogP contribution is 2.24. The van der Waals surface area contributed by atoms with Gasteiger partial charge in [0.1, 0.15) is 11.9 Å². The SMILES string of the molecule is COCCNC(=O)C(NC(=O)c1ccc(F)cc1)C1CCN(S(=O)(=O)C(C)C)CC1. The van der Waals surface area contributed by atoms with E-state index in [4.69, 9.17) is 4.74 Å². The van der Waals surface area contributed by atoms with Crippen LogP contribution in [-0.4, -0.2) is 69.2 Å². The van der Waals surface area contributed by atoms with Gasteiger partial charge in [-0.15, -0.1) is 0 Å². The molecule has 30 heavy (non-hydrogen) atoms. The second kappa shape index (κ2) is 10.8. The van der Waals surface area contributed by atoms with Crippen molar-refractivity contribution in [1.82, 2.24) is 14.9 Å². The Morgan fingerprint density at radius 1 is 1.20 bits per heavy atom. The van der Waals surface area contributed by atoms with E-state index in [0.717, 1.165) is 0 Å². The first-order valence-electron chi connectivity index (χ1n) is 9.99. The summed E-state index contributed by atoms with van der Waals surface area (Å²) in [6.45, 7) is 4.47. The van der Waals surface area contributed by atoms with Gasteiger partial charge in [0.15, 0.2) is 0 Å². The monoisotopic (exact) mass is 443 g/mol. The van der Waals surface area contributed by atoms with Crippen molar-refractivity contribution in [3.05, 3.63) is 35.6 Å². The first-order valence-corrected chi connectivity index (χ1v) is 11.5. The zero-order chi connectivity index (χ0) is 22.3. The van der Waals surface area contributed by atoms with Crippen LogP contribution >= 0.6 is 0 Å². The smallest absolute Gasteiger partial charge is 0.251 e. The number of carbonyl (C=O) groups excluding carboxylic acids is 2. The van der Waals surface area contributed by atoms with Crippen molar-refractivity contribution in [3.8, 4) is 0 Å². The Morgan fingerprint density at radius 3 is 2.33 bits per heavy atom. The van der Waals surface area contributed by atoms with E-state index in [-0.39, 0.29) is 17.4 Å². The molecule has 1 saturated heterocycles. The number of nitrogens with zero attached hydrogens (tertiary/aromatic N) is 1. The number of methoxy groups -OCH3 is 1. The third kappa shape index (κ3) is 6.23. The molecule has 2 N–H and O–H groups in total. The average molecular weight is 444 g/mol. The maximum Gasteiger partial charge on any atom is 0.251 e. The number of hydrogen-bond donors (Lipinski definition) is 2. The third-order valence-corrected chi connectivity index (χ3v) is 7.48. The first kappa shape index (κ1) is 24.2. The number of piperidine rings is 1. The highest BCUT2D eigenvalue weighted by molar-refractivity contribution is 7.89. The number of hydrogen-bond acceptors (Lipinski definition) is 5. The van der Waals surface area contributed by atoms with Gasteiger partial charge in [-0.05, 0) is 56.9 Å². The zero-order valence-corrected chi connectivity index (χ0v) is 18.4. The molecule has 0 saturated carbocycles. The predicted octanol–water partition coefficient (Wildman–Crippen LogP) is 1.14. The molecular formula is C20H30FN3O5S. The van der Waals surface area contributed by atoms with E-state index in [1.807, 2.05) is 0 Å². The molecular weight excluding hydrogens is 413 g/mol. The number of halogens is 1. The summed E-state index contributed by atoms with van der Waals surface area (Å²) in [7, 11) is -1.84. The van der Waals surface area contributed by atoms with Crippen molar-refractivity contribution in [2.45, 2.75) is 38.0 Å². The van der Waals surface area contributed by atoms with E-state index >= 15 is 0 Å². The van der Waals surface area contributed by atoms with Crippen LogP contribution in [-0.2, 0) is 19.6 Å². The lowest BCUT2D eigenvalue weighted by atomic mass is 9.89. The minimum atomic E-state index is -3.36. The van der Waals surface area contributed by atoms with Crippen LogP contribution < -0.4 is 10.6 Å². The van der Waals surface area contributed by atoms with Gasteiger partial charge in [-0.25, -0.2) is 17.1 Å². The Balaban J connectivity index is 2.11. The number of amides is 2. The van der Waals surface area contributed by atoms with Crippen LogP contribution in [0.4, 0.5) is 4.39 Å². The molecule has 2 amide bonds. The van der Waals surface area contributed by atoms with Crippen LogP contribution in [0.3, 0.4) is 0 Å². The first-order chi connectivity index (χ1) is 14.2. The molecule has 1 aromatic carbocycles. The minimum Gasteiger partial charge on any atom is -0.383 e. The Kier molecular flexibility index (Phi) is 8.75. The summed E-state index contributed by atoms with van der Waals surface area (Å²) in [5, 5.41) is 4.97. The summed E-state index contributed by atoms with van der Waals surface area (Å²) in [4.78, 5) is 25.4. The van der Waals surface area contributed by atoms with Crippen LogP contribution in [0.5, 0.6) is 0 Å². The number of benzene rings is 1. The van der Waals surface area contributed by atoms with Crippen molar-refractivity contribution in [3.63, 3.8) is 0 Å². The third-order valence-electron chi connectivity index (χ3n) is 5.21. The standard InChI is InChI=1S/C20H30FN3O5S/c1-14(2)30(27,28)24-11-8-15(9-12-24)18(20(26)22-10-13-29-3)23-19(25)16-4-6-17(21)7-5-16/h4-7,14-15,18H,8-13H2,1-3H3,(H,22,26)(H,23,25). The quantitative estimate of drug-likeness (QED) is 0.557. The fraction of sp³-hybridized carbons (Fsp3) is 0.600. The van der Waals surface area contributed by atoms with Crippen LogP contribution in [0, 0.1) is 11.7 Å². The van der Waals surface area contributed by atoms with Crippen molar-refractivity contribution in [1.29, 1.82) is 0 Å². The topological polar surface area (TPSA) is 105 Å². The zero-order valence-electron chi connectivity index (χ0n) is 17.6. The van der Waals surface area contributed by atoms with Gasteiger partial charge in [-0.2, -0.15) is 0 Å². The van der Waals surface area contributed by atoms with Gasteiger partial charge in [-0.1, -0.05) is 0 Å². The molecule has 0 radical (unpaired) electrons. The lowest BCUT2D eigenvalue weighted by Gasteiger charge is -2.35. The molecule has 1 unspecified atom stereocenters. The molecule has 10 heteroatoms. The minimum absolute atomic E-state index is 0.226. The Bertz CT molecular complexity index is 821. The second-order valence-electron chi connectivity index (χ2n) is 7.57. The molecule has 1 atom stereocenters. The van der Waals surface area contributed by atoms with Crippen molar-refractivity contribution < 1.29 is 27.1 Å². The summed E-state index contributed by atoms with van der Waals surface area (Å²) in [5.74, 6) is -1.53. The van der Waals surface area contributed by atoms with E-state index in [1.165, 1.54) is 35.7 Å². The Morgan fingerprint density at radius 2 is 1.80 bits per heavy atom. The van der Waals surface area contributed by atoms with E-state index < -0.39 is 33.0 Å². The van der Waals surface area contributed by atoms with E-state index in [9.17, 15) is 22.4 Å². The van der Waals surface area contributed by atoms with Crippen molar-refractivity contribution in [2.24, 2.45) is 5.92 Å². The molecule has 1 aliphatic rings. The van der Waals surface area contributed by atoms with Crippen LogP contribution in [0.15, 0.2) is 24.3 Å². The lowest BCUT2D eigenvalue weighted by molar-refractivity contribution is -0.124. The Labute approximate surface area is 177 Å². The van der Waals surface area contributed by atoms with Gasteiger partial charge in [-0.3, -0.25) is 9.59 Å².